The molecule has 0 spiro atoms. The van der Waals surface area contributed by atoms with E-state index in [9.17, 15) is 4.39 Å². The number of benzene rings is 1. The van der Waals surface area contributed by atoms with Crippen LogP contribution in [0, 0.1) is 5.82 Å². The summed E-state index contributed by atoms with van der Waals surface area (Å²) in [4.78, 5) is 7.89. The van der Waals surface area contributed by atoms with Crippen LogP contribution < -0.4 is 5.32 Å². The van der Waals surface area contributed by atoms with Crippen LogP contribution in [0.1, 0.15) is 5.56 Å². The maximum atomic E-state index is 12.9. The van der Waals surface area contributed by atoms with Crippen molar-refractivity contribution >= 4 is 17.4 Å². The number of aromatic nitrogens is 2. The number of hydrogen-bond donors (Lipinski definition) is 1. The number of halogens is 2. The molecule has 0 aliphatic rings. The van der Waals surface area contributed by atoms with Gasteiger partial charge in [-0.05, 0) is 17.7 Å². The Morgan fingerprint density at radius 3 is 2.94 bits per heavy atom. The molecule has 0 saturated heterocycles. The maximum Gasteiger partial charge on any atom is 0.149 e. The fourth-order valence-corrected chi connectivity index (χ4v) is 1.41. The first kappa shape index (κ1) is 10.8. The molecule has 0 radical (unpaired) electrons. The Bertz CT molecular complexity index is 445. The standard InChI is InChI=1S/C11H9ClFN3/c12-10-6-14-7-11(16-10)15-5-8-2-1-3-9(13)4-8/h1-4,6-7H,5H2,(H,15,16). The number of anilines is 1. The highest BCUT2D eigenvalue weighted by Gasteiger charge is 1.98. The third kappa shape index (κ3) is 2.90. The van der Waals surface area contributed by atoms with Gasteiger partial charge in [-0.2, -0.15) is 0 Å². The number of rotatable bonds is 3. The summed E-state index contributed by atoms with van der Waals surface area (Å²) in [6.07, 6.45) is 3.01. The summed E-state index contributed by atoms with van der Waals surface area (Å²) in [6, 6.07) is 6.36. The molecule has 1 aromatic heterocycles. The van der Waals surface area contributed by atoms with Crippen molar-refractivity contribution in [1.29, 1.82) is 0 Å². The third-order valence-electron chi connectivity index (χ3n) is 1.97. The molecule has 1 heterocycles. The average Bonchev–Trinajstić information content (AvgIpc) is 2.27. The van der Waals surface area contributed by atoms with E-state index in [1.807, 2.05) is 6.07 Å². The zero-order valence-electron chi connectivity index (χ0n) is 8.32. The van der Waals surface area contributed by atoms with Gasteiger partial charge in [0.25, 0.3) is 0 Å². The van der Waals surface area contributed by atoms with E-state index in [0.29, 0.717) is 17.5 Å². The highest BCUT2D eigenvalue weighted by molar-refractivity contribution is 6.29. The molecular weight excluding hydrogens is 229 g/mol. The van der Waals surface area contributed by atoms with Gasteiger partial charge in [0.05, 0.1) is 12.4 Å². The zero-order valence-corrected chi connectivity index (χ0v) is 9.08. The molecule has 0 aliphatic heterocycles. The smallest absolute Gasteiger partial charge is 0.149 e. The molecule has 2 aromatic rings. The summed E-state index contributed by atoms with van der Waals surface area (Å²) in [5, 5.41) is 3.33. The Hall–Kier alpha value is -1.68. The Labute approximate surface area is 97.3 Å². The molecule has 0 saturated carbocycles. The topological polar surface area (TPSA) is 37.8 Å². The van der Waals surface area contributed by atoms with Gasteiger partial charge >= 0.3 is 0 Å². The van der Waals surface area contributed by atoms with Gasteiger partial charge in [0, 0.05) is 6.54 Å². The number of nitrogens with one attached hydrogen (secondary N) is 1. The third-order valence-corrected chi connectivity index (χ3v) is 2.15. The molecule has 3 nitrogen and oxygen atoms in total. The van der Waals surface area contributed by atoms with Crippen LogP contribution in [0.3, 0.4) is 0 Å². The SMILES string of the molecule is Fc1cccc(CNc2cncc(Cl)n2)c1. The molecule has 16 heavy (non-hydrogen) atoms. The van der Waals surface area contributed by atoms with Gasteiger partial charge in [-0.15, -0.1) is 0 Å². The van der Waals surface area contributed by atoms with Crippen molar-refractivity contribution in [2.24, 2.45) is 0 Å². The second kappa shape index (κ2) is 4.90. The minimum Gasteiger partial charge on any atom is -0.365 e. The van der Waals surface area contributed by atoms with E-state index in [1.165, 1.54) is 18.3 Å². The van der Waals surface area contributed by atoms with Crippen LogP contribution >= 0.6 is 11.6 Å². The summed E-state index contributed by atoms with van der Waals surface area (Å²) < 4.78 is 12.9. The monoisotopic (exact) mass is 237 g/mol. The summed E-state index contributed by atoms with van der Waals surface area (Å²) in [7, 11) is 0. The predicted octanol–water partition coefficient (Wildman–Crippen LogP) is 2.88. The molecule has 0 amide bonds. The van der Waals surface area contributed by atoms with Crippen molar-refractivity contribution in [3.8, 4) is 0 Å². The lowest BCUT2D eigenvalue weighted by atomic mass is 10.2. The Morgan fingerprint density at radius 1 is 1.31 bits per heavy atom. The van der Waals surface area contributed by atoms with Gasteiger partial charge in [-0.25, -0.2) is 9.37 Å². The van der Waals surface area contributed by atoms with E-state index in [4.69, 9.17) is 11.6 Å². The summed E-state index contributed by atoms with van der Waals surface area (Å²) in [6.45, 7) is 0.479. The molecule has 82 valence electrons. The van der Waals surface area contributed by atoms with Crippen molar-refractivity contribution in [2.45, 2.75) is 6.54 Å². The first-order chi connectivity index (χ1) is 7.74. The van der Waals surface area contributed by atoms with E-state index in [2.05, 4.69) is 15.3 Å². The van der Waals surface area contributed by atoms with Crippen LogP contribution in [0.4, 0.5) is 10.2 Å². The summed E-state index contributed by atoms with van der Waals surface area (Å²) >= 11 is 5.68. The zero-order chi connectivity index (χ0) is 11.4. The second-order valence-corrected chi connectivity index (χ2v) is 3.60. The van der Waals surface area contributed by atoms with E-state index in [-0.39, 0.29) is 5.82 Å². The van der Waals surface area contributed by atoms with Crippen LogP contribution in [0.15, 0.2) is 36.7 Å². The number of hydrogen-bond acceptors (Lipinski definition) is 3. The van der Waals surface area contributed by atoms with Gasteiger partial charge in [0.1, 0.15) is 16.8 Å². The van der Waals surface area contributed by atoms with Crippen molar-refractivity contribution in [1.82, 2.24) is 9.97 Å². The largest absolute Gasteiger partial charge is 0.365 e. The van der Waals surface area contributed by atoms with Crippen molar-refractivity contribution in [3.63, 3.8) is 0 Å². The van der Waals surface area contributed by atoms with Gasteiger partial charge in [-0.3, -0.25) is 4.98 Å². The molecule has 1 N–H and O–H groups in total. The normalized spacial score (nSPS) is 10.1. The fraction of sp³-hybridized carbons (Fsp3) is 0.0909. The highest BCUT2D eigenvalue weighted by atomic mass is 35.5. The molecule has 5 heteroatoms. The van der Waals surface area contributed by atoms with Crippen LogP contribution in [-0.2, 0) is 6.54 Å². The van der Waals surface area contributed by atoms with Gasteiger partial charge in [0.15, 0.2) is 0 Å². The molecule has 0 bridgehead atoms. The van der Waals surface area contributed by atoms with Gasteiger partial charge in [-0.1, -0.05) is 23.7 Å². The lowest BCUT2D eigenvalue weighted by Crippen LogP contribution is -2.02. The van der Waals surface area contributed by atoms with Crippen LogP contribution in [0.25, 0.3) is 0 Å². The number of nitrogens with zero attached hydrogens (tertiary/aromatic N) is 2. The Kier molecular flexibility index (Phi) is 3.31. The van der Waals surface area contributed by atoms with E-state index in [1.54, 1.807) is 12.3 Å². The summed E-state index contributed by atoms with van der Waals surface area (Å²) in [5.41, 5.74) is 0.835. The lowest BCUT2D eigenvalue weighted by molar-refractivity contribution is 0.626. The van der Waals surface area contributed by atoms with Crippen LogP contribution in [0.2, 0.25) is 5.15 Å². The molecule has 0 unspecified atom stereocenters. The van der Waals surface area contributed by atoms with Crippen molar-refractivity contribution in [2.75, 3.05) is 5.32 Å². The molecular formula is C11H9ClFN3. The molecule has 1 aromatic carbocycles. The van der Waals surface area contributed by atoms with E-state index in [0.717, 1.165) is 5.56 Å². The Balaban J connectivity index is 2.02. The maximum absolute atomic E-state index is 12.9. The van der Waals surface area contributed by atoms with Gasteiger partial charge in [0.2, 0.25) is 0 Å². The minimum atomic E-state index is -0.253. The van der Waals surface area contributed by atoms with Crippen LogP contribution in [-0.4, -0.2) is 9.97 Å². The fourth-order valence-electron chi connectivity index (χ4n) is 1.27. The Morgan fingerprint density at radius 2 is 2.19 bits per heavy atom. The highest BCUT2D eigenvalue weighted by Crippen LogP contribution is 2.09. The quantitative estimate of drug-likeness (QED) is 0.892. The lowest BCUT2D eigenvalue weighted by Gasteiger charge is -2.05. The van der Waals surface area contributed by atoms with Crippen molar-refractivity contribution < 1.29 is 4.39 Å². The molecule has 0 atom stereocenters. The minimum absolute atomic E-state index is 0.253. The van der Waals surface area contributed by atoms with Crippen molar-refractivity contribution in [3.05, 3.63) is 53.2 Å². The molecule has 0 fully saturated rings. The van der Waals surface area contributed by atoms with E-state index < -0.39 is 0 Å². The van der Waals surface area contributed by atoms with E-state index >= 15 is 0 Å². The second-order valence-electron chi connectivity index (χ2n) is 3.21. The summed E-state index contributed by atoms with van der Waals surface area (Å²) in [5.74, 6) is 0.313. The first-order valence-corrected chi connectivity index (χ1v) is 5.08. The predicted molar refractivity (Wildman–Crippen MR) is 60.8 cm³/mol. The van der Waals surface area contributed by atoms with Crippen LogP contribution in [0.5, 0.6) is 0 Å². The van der Waals surface area contributed by atoms with Gasteiger partial charge < -0.3 is 5.32 Å². The molecule has 2 rings (SSSR count). The molecule has 0 aliphatic carbocycles. The average molecular weight is 238 g/mol. The first-order valence-electron chi connectivity index (χ1n) is 4.70.